The summed E-state index contributed by atoms with van der Waals surface area (Å²) in [5.41, 5.74) is 4.32. The van der Waals surface area contributed by atoms with E-state index in [0.29, 0.717) is 17.5 Å². The Labute approximate surface area is 124 Å². The minimum absolute atomic E-state index is 0.148. The van der Waals surface area contributed by atoms with Gasteiger partial charge in [0.25, 0.3) is 0 Å². The lowest BCUT2D eigenvalue weighted by molar-refractivity contribution is 0.419. The largest absolute Gasteiger partial charge is 0.375 e. The molecule has 1 heterocycles. The third-order valence-corrected chi connectivity index (χ3v) is 4.87. The van der Waals surface area contributed by atoms with E-state index in [1.54, 1.807) is 6.07 Å². The average Bonchev–Trinajstić information content (AvgIpc) is 2.97. The van der Waals surface area contributed by atoms with E-state index in [1.165, 1.54) is 11.1 Å². The van der Waals surface area contributed by atoms with E-state index >= 15 is 0 Å². The molecule has 2 aliphatic rings. The molecule has 106 valence electrons. The van der Waals surface area contributed by atoms with Crippen LogP contribution in [0.3, 0.4) is 0 Å². The van der Waals surface area contributed by atoms with Crippen LogP contribution in [0.1, 0.15) is 35.1 Å². The van der Waals surface area contributed by atoms with Gasteiger partial charge in [0.15, 0.2) is 0 Å². The lowest BCUT2D eigenvalue weighted by atomic mass is 9.76. The molecule has 2 heteroatoms. The van der Waals surface area contributed by atoms with Crippen molar-refractivity contribution in [3.05, 3.63) is 77.1 Å². The summed E-state index contributed by atoms with van der Waals surface area (Å²) in [4.78, 5) is 0. The molecule has 0 bridgehead atoms. The highest BCUT2D eigenvalue weighted by molar-refractivity contribution is 5.60. The second kappa shape index (κ2) is 4.73. The minimum atomic E-state index is -0.148. The van der Waals surface area contributed by atoms with Gasteiger partial charge in [-0.05, 0) is 42.0 Å². The fraction of sp³-hybridized carbons (Fsp3) is 0.263. The summed E-state index contributed by atoms with van der Waals surface area (Å²) in [6, 6.07) is 14.0. The van der Waals surface area contributed by atoms with Gasteiger partial charge in [-0.2, -0.15) is 0 Å². The zero-order valence-corrected chi connectivity index (χ0v) is 12.0. The fourth-order valence-corrected chi connectivity index (χ4v) is 3.83. The SMILES string of the molecule is Cc1ccccc1C1Nc2c(F)cccc2C2C=CCC21. The van der Waals surface area contributed by atoms with Crippen molar-refractivity contribution in [1.29, 1.82) is 0 Å². The van der Waals surface area contributed by atoms with Crippen LogP contribution in [0.5, 0.6) is 0 Å². The van der Waals surface area contributed by atoms with Crippen LogP contribution in [0, 0.1) is 18.7 Å². The number of hydrogen-bond donors (Lipinski definition) is 1. The van der Waals surface area contributed by atoms with Crippen molar-refractivity contribution >= 4 is 5.69 Å². The zero-order chi connectivity index (χ0) is 14.4. The first kappa shape index (κ1) is 12.6. The molecule has 0 spiro atoms. The lowest BCUT2D eigenvalue weighted by Crippen LogP contribution is -2.30. The quantitative estimate of drug-likeness (QED) is 0.727. The first-order chi connectivity index (χ1) is 10.3. The van der Waals surface area contributed by atoms with Crippen molar-refractivity contribution in [3.63, 3.8) is 0 Å². The van der Waals surface area contributed by atoms with Crippen LogP contribution < -0.4 is 5.32 Å². The molecule has 21 heavy (non-hydrogen) atoms. The molecule has 1 aliphatic heterocycles. The Morgan fingerprint density at radius 3 is 2.71 bits per heavy atom. The highest BCUT2D eigenvalue weighted by Gasteiger charge is 2.39. The third kappa shape index (κ3) is 1.90. The van der Waals surface area contributed by atoms with E-state index in [9.17, 15) is 4.39 Å². The standard InChI is InChI=1S/C19H18FN/c1-12-6-2-3-7-13(12)18-15-9-4-8-14(15)16-10-5-11-17(20)19(16)21-18/h2-8,10-11,14-15,18,21H,9H2,1H3. The second-order valence-electron chi connectivity index (χ2n) is 6.04. The molecule has 0 radical (unpaired) electrons. The Morgan fingerprint density at radius 1 is 1.05 bits per heavy atom. The van der Waals surface area contributed by atoms with E-state index in [2.05, 4.69) is 48.7 Å². The van der Waals surface area contributed by atoms with E-state index in [0.717, 1.165) is 12.0 Å². The summed E-state index contributed by atoms with van der Waals surface area (Å²) in [6.07, 6.45) is 5.53. The number of para-hydroxylation sites is 1. The van der Waals surface area contributed by atoms with Crippen molar-refractivity contribution in [1.82, 2.24) is 0 Å². The molecule has 0 fully saturated rings. The number of aryl methyl sites for hydroxylation is 1. The van der Waals surface area contributed by atoms with Gasteiger partial charge in [-0.25, -0.2) is 4.39 Å². The molecular formula is C19H18FN. The normalized spacial score (nSPS) is 26.1. The molecule has 1 nitrogen and oxygen atoms in total. The molecule has 0 aromatic heterocycles. The van der Waals surface area contributed by atoms with E-state index in [1.807, 2.05) is 12.1 Å². The van der Waals surface area contributed by atoms with Gasteiger partial charge in [0.05, 0.1) is 11.7 Å². The van der Waals surface area contributed by atoms with Crippen LogP contribution in [0.15, 0.2) is 54.6 Å². The van der Waals surface area contributed by atoms with E-state index in [4.69, 9.17) is 0 Å². The number of rotatable bonds is 1. The van der Waals surface area contributed by atoms with Crippen molar-refractivity contribution in [2.24, 2.45) is 5.92 Å². The van der Waals surface area contributed by atoms with Crippen LogP contribution >= 0.6 is 0 Å². The Kier molecular flexibility index (Phi) is 2.85. The Balaban J connectivity index is 1.85. The van der Waals surface area contributed by atoms with E-state index < -0.39 is 0 Å². The maximum Gasteiger partial charge on any atom is 0.146 e. The van der Waals surface area contributed by atoms with Crippen LogP contribution in [0.2, 0.25) is 0 Å². The molecular weight excluding hydrogens is 261 g/mol. The molecule has 0 saturated carbocycles. The average molecular weight is 279 g/mol. The summed E-state index contributed by atoms with van der Waals surface area (Å²) in [5.74, 6) is 0.645. The first-order valence-corrected chi connectivity index (χ1v) is 7.53. The molecule has 3 unspecified atom stereocenters. The third-order valence-electron chi connectivity index (χ3n) is 4.87. The number of nitrogens with one attached hydrogen (secondary N) is 1. The Hall–Kier alpha value is -2.09. The number of benzene rings is 2. The van der Waals surface area contributed by atoms with Crippen LogP contribution in [0.4, 0.5) is 10.1 Å². The monoisotopic (exact) mass is 279 g/mol. The summed E-state index contributed by atoms with van der Waals surface area (Å²) in [5, 5.41) is 3.48. The first-order valence-electron chi connectivity index (χ1n) is 7.53. The molecule has 1 N–H and O–H groups in total. The number of hydrogen-bond acceptors (Lipinski definition) is 1. The molecule has 1 aliphatic carbocycles. The van der Waals surface area contributed by atoms with Gasteiger partial charge in [0.2, 0.25) is 0 Å². The second-order valence-corrected chi connectivity index (χ2v) is 6.04. The number of anilines is 1. The molecule has 3 atom stereocenters. The number of fused-ring (bicyclic) bond motifs is 3. The topological polar surface area (TPSA) is 12.0 Å². The maximum absolute atomic E-state index is 14.2. The van der Waals surface area contributed by atoms with Crippen LogP contribution in [-0.4, -0.2) is 0 Å². The molecule has 2 aromatic rings. The van der Waals surface area contributed by atoms with Crippen LogP contribution in [0.25, 0.3) is 0 Å². The van der Waals surface area contributed by atoms with Gasteiger partial charge in [-0.1, -0.05) is 48.6 Å². The summed E-state index contributed by atoms with van der Waals surface area (Å²) in [7, 11) is 0. The Morgan fingerprint density at radius 2 is 1.86 bits per heavy atom. The number of allylic oxidation sites excluding steroid dienone is 2. The summed E-state index contributed by atoms with van der Waals surface area (Å²) < 4.78 is 14.2. The predicted octanol–water partition coefficient (Wildman–Crippen LogP) is 4.96. The van der Waals surface area contributed by atoms with Gasteiger partial charge in [-0.15, -0.1) is 0 Å². The molecule has 0 amide bonds. The highest BCUT2D eigenvalue weighted by Crippen LogP contribution is 2.50. The van der Waals surface area contributed by atoms with Crippen molar-refractivity contribution in [2.75, 3.05) is 5.32 Å². The summed E-state index contributed by atoms with van der Waals surface area (Å²) >= 11 is 0. The van der Waals surface area contributed by atoms with Gasteiger partial charge in [0.1, 0.15) is 5.82 Å². The van der Waals surface area contributed by atoms with Crippen LogP contribution in [-0.2, 0) is 0 Å². The van der Waals surface area contributed by atoms with Crippen molar-refractivity contribution < 1.29 is 4.39 Å². The number of halogens is 1. The summed E-state index contributed by atoms with van der Waals surface area (Å²) in [6.45, 7) is 2.13. The highest BCUT2D eigenvalue weighted by atomic mass is 19.1. The fourth-order valence-electron chi connectivity index (χ4n) is 3.83. The van der Waals surface area contributed by atoms with Gasteiger partial charge in [0, 0.05) is 5.92 Å². The van der Waals surface area contributed by atoms with Crippen molar-refractivity contribution in [3.8, 4) is 0 Å². The molecule has 2 aromatic carbocycles. The van der Waals surface area contributed by atoms with Gasteiger partial charge >= 0.3 is 0 Å². The predicted molar refractivity (Wildman–Crippen MR) is 83.9 cm³/mol. The smallest absolute Gasteiger partial charge is 0.146 e. The van der Waals surface area contributed by atoms with Gasteiger partial charge < -0.3 is 5.32 Å². The molecule has 4 rings (SSSR count). The maximum atomic E-state index is 14.2. The van der Waals surface area contributed by atoms with Gasteiger partial charge in [-0.3, -0.25) is 0 Å². The van der Waals surface area contributed by atoms with Crippen molar-refractivity contribution in [2.45, 2.75) is 25.3 Å². The lowest BCUT2D eigenvalue weighted by Gasteiger charge is -2.38. The van der Waals surface area contributed by atoms with E-state index in [-0.39, 0.29) is 11.9 Å². The Bertz CT molecular complexity index is 719. The minimum Gasteiger partial charge on any atom is -0.375 e. The molecule has 0 saturated heterocycles. The zero-order valence-electron chi connectivity index (χ0n) is 12.0.